The molecule has 1 heterocycles. The molecule has 1 amide bonds. The lowest BCUT2D eigenvalue weighted by molar-refractivity contribution is -0.159. The maximum Gasteiger partial charge on any atom is 0.414 e. The molecule has 1 saturated heterocycles. The van der Waals surface area contributed by atoms with Gasteiger partial charge in [0.1, 0.15) is 0 Å². The highest BCUT2D eigenvalue weighted by molar-refractivity contribution is 6.27. The Labute approximate surface area is 160 Å². The molecule has 0 aliphatic carbocycles. The number of likely N-dealkylation sites (tertiary alicyclic amines) is 1. The lowest BCUT2D eigenvalue weighted by atomic mass is 9.95. The number of amides is 1. The summed E-state index contributed by atoms with van der Waals surface area (Å²) in [5.41, 5.74) is 2.67. The molecule has 0 aromatic heterocycles. The minimum absolute atomic E-state index is 0.206. The minimum Gasteiger partial charge on any atom is -0.473 e. The van der Waals surface area contributed by atoms with E-state index in [1.165, 1.54) is 11.1 Å². The predicted molar refractivity (Wildman–Crippen MR) is 102 cm³/mol. The van der Waals surface area contributed by atoms with Gasteiger partial charge in [0.25, 0.3) is 0 Å². The number of aliphatic carboxylic acids is 2. The Morgan fingerprint density at radius 3 is 2.04 bits per heavy atom. The molecule has 0 bridgehead atoms. The van der Waals surface area contributed by atoms with Crippen molar-refractivity contribution in [3.8, 4) is 0 Å². The molecule has 0 atom stereocenters. The zero-order chi connectivity index (χ0) is 20.4. The highest BCUT2D eigenvalue weighted by Crippen LogP contribution is 2.19. The summed E-state index contributed by atoms with van der Waals surface area (Å²) >= 11 is 0. The standard InChI is InChI=1S/C18H28N2O.C2H2O4/c1-14(2)12-19-18(21)17-8-10-20(11-9-17)13-16-6-4-15(3)5-7-16;3-1(4)2(5)6/h4-7,14,17H,8-13H2,1-3H3,(H,19,21);(H,3,4)(H,5,6). The molecule has 3 N–H and O–H groups in total. The van der Waals surface area contributed by atoms with Gasteiger partial charge in [-0.2, -0.15) is 0 Å². The molecule has 0 saturated carbocycles. The lowest BCUT2D eigenvalue weighted by Gasteiger charge is -2.31. The zero-order valence-electron chi connectivity index (χ0n) is 16.3. The van der Waals surface area contributed by atoms with Gasteiger partial charge in [0, 0.05) is 19.0 Å². The van der Waals surface area contributed by atoms with E-state index >= 15 is 0 Å². The first-order valence-corrected chi connectivity index (χ1v) is 9.20. The van der Waals surface area contributed by atoms with Crippen LogP contribution < -0.4 is 5.32 Å². The number of aryl methyl sites for hydroxylation is 1. The quantitative estimate of drug-likeness (QED) is 0.678. The summed E-state index contributed by atoms with van der Waals surface area (Å²) < 4.78 is 0. The van der Waals surface area contributed by atoms with Crippen LogP contribution >= 0.6 is 0 Å². The van der Waals surface area contributed by atoms with Crippen LogP contribution in [0.25, 0.3) is 0 Å². The molecule has 1 aliphatic heterocycles. The molecule has 27 heavy (non-hydrogen) atoms. The summed E-state index contributed by atoms with van der Waals surface area (Å²) in [6.45, 7) is 10.2. The summed E-state index contributed by atoms with van der Waals surface area (Å²) in [5, 5.41) is 17.8. The Balaban J connectivity index is 0.000000527. The third-order valence-electron chi connectivity index (χ3n) is 4.35. The molecular weight excluding hydrogens is 348 g/mol. The second-order valence-electron chi connectivity index (χ2n) is 7.29. The number of nitrogens with zero attached hydrogens (tertiary/aromatic N) is 1. The lowest BCUT2D eigenvalue weighted by Crippen LogP contribution is -2.41. The monoisotopic (exact) mass is 378 g/mol. The zero-order valence-corrected chi connectivity index (χ0v) is 16.3. The summed E-state index contributed by atoms with van der Waals surface area (Å²) in [7, 11) is 0. The first-order valence-electron chi connectivity index (χ1n) is 9.20. The van der Waals surface area contributed by atoms with Crippen molar-refractivity contribution in [3.05, 3.63) is 35.4 Å². The second kappa shape index (κ2) is 11.3. The molecule has 2 rings (SSSR count). The maximum atomic E-state index is 12.1. The van der Waals surface area contributed by atoms with Crippen LogP contribution in [-0.2, 0) is 20.9 Å². The fourth-order valence-corrected chi connectivity index (χ4v) is 2.75. The van der Waals surface area contributed by atoms with Gasteiger partial charge >= 0.3 is 11.9 Å². The van der Waals surface area contributed by atoms with Crippen LogP contribution in [-0.4, -0.2) is 52.6 Å². The van der Waals surface area contributed by atoms with Gasteiger partial charge in [0.05, 0.1) is 0 Å². The number of carbonyl (C=O) groups is 3. The highest BCUT2D eigenvalue weighted by Gasteiger charge is 2.24. The van der Waals surface area contributed by atoms with Crippen molar-refractivity contribution in [3.63, 3.8) is 0 Å². The normalized spacial score (nSPS) is 15.0. The average molecular weight is 378 g/mol. The van der Waals surface area contributed by atoms with E-state index in [1.807, 2.05) is 0 Å². The number of piperidine rings is 1. The van der Waals surface area contributed by atoms with E-state index < -0.39 is 11.9 Å². The topological polar surface area (TPSA) is 107 Å². The Hall–Kier alpha value is -2.41. The largest absolute Gasteiger partial charge is 0.473 e. The van der Waals surface area contributed by atoms with Crippen LogP contribution in [0, 0.1) is 18.8 Å². The Morgan fingerprint density at radius 2 is 1.59 bits per heavy atom. The SMILES string of the molecule is Cc1ccc(CN2CCC(C(=O)NCC(C)C)CC2)cc1.O=C(O)C(=O)O. The molecule has 0 spiro atoms. The van der Waals surface area contributed by atoms with Crippen molar-refractivity contribution < 1.29 is 24.6 Å². The average Bonchev–Trinajstić information content (AvgIpc) is 2.62. The van der Waals surface area contributed by atoms with Gasteiger partial charge in [-0.25, -0.2) is 9.59 Å². The van der Waals surface area contributed by atoms with Gasteiger partial charge in [-0.05, 0) is 44.3 Å². The fourth-order valence-electron chi connectivity index (χ4n) is 2.75. The third-order valence-corrected chi connectivity index (χ3v) is 4.35. The number of rotatable bonds is 5. The van der Waals surface area contributed by atoms with E-state index in [-0.39, 0.29) is 11.8 Å². The van der Waals surface area contributed by atoms with Crippen LogP contribution in [0.5, 0.6) is 0 Å². The number of carbonyl (C=O) groups excluding carboxylic acids is 1. The molecule has 1 aliphatic rings. The number of carboxylic acid groups (broad SMARTS) is 2. The molecule has 1 aromatic rings. The van der Waals surface area contributed by atoms with Gasteiger partial charge in [0.15, 0.2) is 0 Å². The molecule has 150 valence electrons. The van der Waals surface area contributed by atoms with Crippen molar-refractivity contribution >= 4 is 17.8 Å². The number of benzene rings is 1. The molecule has 0 unspecified atom stereocenters. The van der Waals surface area contributed by atoms with E-state index in [1.54, 1.807) is 0 Å². The van der Waals surface area contributed by atoms with Crippen molar-refractivity contribution in [2.45, 2.75) is 40.2 Å². The van der Waals surface area contributed by atoms with Crippen LogP contribution in [0.1, 0.15) is 37.8 Å². The molecule has 1 aromatic carbocycles. The second-order valence-corrected chi connectivity index (χ2v) is 7.29. The smallest absolute Gasteiger partial charge is 0.414 e. The van der Waals surface area contributed by atoms with Crippen LogP contribution in [0.2, 0.25) is 0 Å². The molecule has 0 radical (unpaired) electrons. The fraction of sp³-hybridized carbons (Fsp3) is 0.550. The summed E-state index contributed by atoms with van der Waals surface area (Å²) in [5.74, 6) is -2.67. The molecule has 7 nitrogen and oxygen atoms in total. The van der Waals surface area contributed by atoms with Crippen molar-refractivity contribution in [2.24, 2.45) is 11.8 Å². The minimum atomic E-state index is -1.82. The van der Waals surface area contributed by atoms with Crippen LogP contribution in [0.4, 0.5) is 0 Å². The Morgan fingerprint density at radius 1 is 1.07 bits per heavy atom. The van der Waals surface area contributed by atoms with Crippen molar-refractivity contribution in [1.29, 1.82) is 0 Å². The first kappa shape index (κ1) is 22.6. The van der Waals surface area contributed by atoms with E-state index in [0.717, 1.165) is 39.0 Å². The third kappa shape index (κ3) is 9.19. The van der Waals surface area contributed by atoms with E-state index in [0.29, 0.717) is 5.92 Å². The Kier molecular flexibility index (Phi) is 9.50. The van der Waals surface area contributed by atoms with Crippen molar-refractivity contribution in [2.75, 3.05) is 19.6 Å². The van der Waals surface area contributed by atoms with E-state index in [2.05, 4.69) is 55.3 Å². The molecule has 1 fully saturated rings. The summed E-state index contributed by atoms with van der Waals surface area (Å²) in [6.07, 6.45) is 1.96. The number of carboxylic acids is 2. The highest BCUT2D eigenvalue weighted by atomic mass is 16.4. The van der Waals surface area contributed by atoms with Gasteiger partial charge in [-0.1, -0.05) is 43.7 Å². The van der Waals surface area contributed by atoms with Crippen LogP contribution in [0.15, 0.2) is 24.3 Å². The number of hydrogen-bond donors (Lipinski definition) is 3. The van der Waals surface area contributed by atoms with Gasteiger partial charge in [0.2, 0.25) is 5.91 Å². The maximum absolute atomic E-state index is 12.1. The number of nitrogens with one attached hydrogen (secondary N) is 1. The van der Waals surface area contributed by atoms with Crippen LogP contribution in [0.3, 0.4) is 0 Å². The van der Waals surface area contributed by atoms with Gasteiger partial charge < -0.3 is 15.5 Å². The Bertz CT molecular complexity index is 608. The molecular formula is C20H30N2O5. The van der Waals surface area contributed by atoms with Gasteiger partial charge in [-0.3, -0.25) is 9.69 Å². The molecule has 7 heteroatoms. The first-order chi connectivity index (χ1) is 12.7. The summed E-state index contributed by atoms with van der Waals surface area (Å²) in [4.78, 5) is 32.7. The predicted octanol–water partition coefficient (Wildman–Crippen LogP) is 2.13. The van der Waals surface area contributed by atoms with E-state index in [9.17, 15) is 4.79 Å². The number of hydrogen-bond acceptors (Lipinski definition) is 4. The van der Waals surface area contributed by atoms with E-state index in [4.69, 9.17) is 19.8 Å². The van der Waals surface area contributed by atoms with Gasteiger partial charge in [-0.15, -0.1) is 0 Å². The summed E-state index contributed by atoms with van der Waals surface area (Å²) in [6, 6.07) is 8.75. The van der Waals surface area contributed by atoms with Crippen molar-refractivity contribution in [1.82, 2.24) is 10.2 Å².